The Balaban J connectivity index is 1.61. The second kappa shape index (κ2) is 15.1. The van der Waals surface area contributed by atoms with E-state index in [0.29, 0.717) is 17.7 Å². The first-order chi connectivity index (χ1) is 23.8. The van der Waals surface area contributed by atoms with Gasteiger partial charge in [0.25, 0.3) is 11.4 Å². The summed E-state index contributed by atoms with van der Waals surface area (Å²) in [6.45, 7) is -1.29. The molecule has 0 bridgehead atoms. The number of ketones is 1. The summed E-state index contributed by atoms with van der Waals surface area (Å²) in [6, 6.07) is 8.99. The molecule has 0 unspecified atom stereocenters. The van der Waals surface area contributed by atoms with Crippen LogP contribution in [0.1, 0.15) is 50.7 Å². The predicted molar refractivity (Wildman–Crippen MR) is 178 cm³/mol. The topological polar surface area (TPSA) is 298 Å². The maximum atomic E-state index is 14.0. The van der Waals surface area contributed by atoms with E-state index < -0.39 is 75.0 Å². The Labute approximate surface area is 286 Å². The van der Waals surface area contributed by atoms with E-state index in [1.807, 2.05) is 4.72 Å². The van der Waals surface area contributed by atoms with Crippen LogP contribution in [0.2, 0.25) is 0 Å². The first-order valence-corrected chi connectivity index (χ1v) is 16.3. The van der Waals surface area contributed by atoms with Crippen molar-refractivity contribution in [1.82, 2.24) is 14.9 Å². The highest BCUT2D eigenvalue weighted by molar-refractivity contribution is 7.91. The number of fused-ring (bicyclic) bond motifs is 1. The van der Waals surface area contributed by atoms with Crippen LogP contribution in [0.5, 0.6) is 0 Å². The van der Waals surface area contributed by atoms with Crippen LogP contribution in [0.15, 0.2) is 68.8 Å². The molecule has 17 nitrogen and oxygen atoms in total. The van der Waals surface area contributed by atoms with Crippen molar-refractivity contribution < 1.29 is 40.4 Å². The number of sulfonamides is 1. The Kier molecular flexibility index (Phi) is 11.1. The number of amides is 2. The van der Waals surface area contributed by atoms with E-state index in [-0.39, 0.29) is 58.0 Å². The lowest BCUT2D eigenvalue weighted by Crippen LogP contribution is -2.44. The Hall–Kier alpha value is -6.25. The summed E-state index contributed by atoms with van der Waals surface area (Å²) < 4.78 is 75.2. The van der Waals surface area contributed by atoms with Gasteiger partial charge in [-0.15, -0.1) is 0 Å². The fourth-order valence-electron chi connectivity index (χ4n) is 4.76. The number of hydrogen-bond acceptors (Lipinski definition) is 10. The third-order valence-electron chi connectivity index (χ3n) is 7.13. The molecule has 1 atom stereocenters. The number of nitrogens with two attached hydrogens (primary N) is 4. The smallest absolute Gasteiger partial charge is 0.431 e. The molecule has 0 saturated carbocycles. The number of primary amides is 1. The molecule has 0 aliphatic heterocycles. The van der Waals surface area contributed by atoms with E-state index in [9.17, 15) is 40.8 Å². The Morgan fingerprint density at radius 1 is 1.00 bits per heavy atom. The molecule has 2 aromatic heterocycles. The number of pyridine rings is 1. The monoisotopic (exact) mass is 732 g/mol. The van der Waals surface area contributed by atoms with Crippen LogP contribution in [-0.4, -0.2) is 59.9 Å². The molecule has 0 aliphatic carbocycles. The number of nitrogens with one attached hydrogen (secondary N) is 3. The quantitative estimate of drug-likeness (QED) is 0.0387. The molecule has 270 valence electrons. The molecule has 0 radical (unpaired) electrons. The van der Waals surface area contributed by atoms with Gasteiger partial charge >= 0.3 is 6.18 Å². The normalized spacial score (nSPS) is 12.2. The average Bonchev–Trinajstić information content (AvgIpc) is 3.47. The fourth-order valence-corrected chi connectivity index (χ4v) is 5.95. The molecule has 4 rings (SSSR count). The first kappa shape index (κ1) is 37.6. The van der Waals surface area contributed by atoms with Crippen LogP contribution in [0, 0.1) is 5.41 Å². The number of benzene rings is 2. The zero-order valence-corrected chi connectivity index (χ0v) is 27.2. The molecule has 11 N–H and O–H groups in total. The number of aliphatic imine (C=N–C) groups is 1. The van der Waals surface area contributed by atoms with Crippen molar-refractivity contribution in [3.63, 3.8) is 0 Å². The minimum atomic E-state index is -5.16. The van der Waals surface area contributed by atoms with Crippen molar-refractivity contribution in [2.75, 3.05) is 11.3 Å². The summed E-state index contributed by atoms with van der Waals surface area (Å²) in [5.74, 6) is -4.65. The van der Waals surface area contributed by atoms with Crippen molar-refractivity contribution >= 4 is 56.2 Å². The number of Topliss-reactive ketones (excluding diaryl/α,β-unsaturated/α-hetero) is 1. The number of nitrogens with zero attached hydrogens (tertiary/aromatic N) is 3. The standard InChI is InChI=1S/C30H31F3N10O7S/c31-30(32,33)22-10-8-19(42-51(48,49)14-15-3-5-16(6-4-15)25(34)35)28(47)43(22)13-23(44)40-18(2-1-11-39-29(37)38)24(45)27-41-20-12-17(26(36)46)7-9-21(20)50-27/h3-10,12,18,42H,1-2,11,13-14H2,(H3,34,35)(H2,36,46)(H,40,44)(H4,37,38,39)/t18-/m0/s1. The zero-order chi connectivity index (χ0) is 37.7. The fraction of sp³-hybridized carbons (Fsp3) is 0.233. The van der Waals surface area contributed by atoms with Crippen LogP contribution in [0.25, 0.3) is 11.1 Å². The number of alkyl halides is 3. The van der Waals surface area contributed by atoms with Gasteiger partial charge in [0.05, 0.1) is 11.8 Å². The summed E-state index contributed by atoms with van der Waals surface area (Å²) in [7, 11) is -4.38. The van der Waals surface area contributed by atoms with Crippen molar-refractivity contribution in [3.8, 4) is 0 Å². The number of amidine groups is 1. The van der Waals surface area contributed by atoms with Gasteiger partial charge < -0.3 is 32.7 Å². The summed E-state index contributed by atoms with van der Waals surface area (Å²) in [4.78, 5) is 59.3. The van der Waals surface area contributed by atoms with E-state index in [1.54, 1.807) is 0 Å². The minimum absolute atomic E-state index is 0.00173. The number of aromatic nitrogens is 2. The molecule has 21 heteroatoms. The molecule has 2 aromatic carbocycles. The summed E-state index contributed by atoms with van der Waals surface area (Å²) in [5.41, 5.74) is 18.2. The number of carbonyl (C=O) groups is 3. The highest BCUT2D eigenvalue weighted by Gasteiger charge is 2.36. The van der Waals surface area contributed by atoms with Gasteiger partial charge in [0, 0.05) is 17.7 Å². The lowest BCUT2D eigenvalue weighted by atomic mass is 10.1. The molecule has 0 spiro atoms. The highest BCUT2D eigenvalue weighted by Crippen LogP contribution is 2.29. The summed E-state index contributed by atoms with van der Waals surface area (Å²) in [6.07, 6.45) is -5.24. The van der Waals surface area contributed by atoms with Crippen LogP contribution in [0.4, 0.5) is 18.9 Å². The molecule has 0 saturated heterocycles. The largest absolute Gasteiger partial charge is 0.434 e. The number of hydrogen-bond donors (Lipinski definition) is 7. The molecule has 4 aromatic rings. The molecular formula is C30H31F3N10O7S. The first-order valence-electron chi connectivity index (χ1n) is 14.7. The molecule has 0 aliphatic rings. The van der Waals surface area contributed by atoms with Crippen LogP contribution in [-0.2, 0) is 33.3 Å². The lowest BCUT2D eigenvalue weighted by Gasteiger charge is -2.19. The molecule has 0 fully saturated rings. The Morgan fingerprint density at radius 3 is 2.27 bits per heavy atom. The lowest BCUT2D eigenvalue weighted by molar-refractivity contribution is -0.144. The third kappa shape index (κ3) is 9.68. The van der Waals surface area contributed by atoms with Gasteiger partial charge in [-0.05, 0) is 48.7 Å². The van der Waals surface area contributed by atoms with Gasteiger partial charge in [-0.25, -0.2) is 13.4 Å². The molecular weight excluding hydrogens is 701 g/mol. The predicted octanol–water partition coefficient (Wildman–Crippen LogP) is 0.754. The van der Waals surface area contributed by atoms with Gasteiger partial charge in [-0.2, -0.15) is 13.2 Å². The third-order valence-corrected chi connectivity index (χ3v) is 8.38. The van der Waals surface area contributed by atoms with Crippen molar-refractivity contribution in [2.24, 2.45) is 27.9 Å². The average molecular weight is 733 g/mol. The van der Waals surface area contributed by atoms with Gasteiger partial charge in [-0.3, -0.25) is 38.9 Å². The highest BCUT2D eigenvalue weighted by atomic mass is 32.2. The van der Waals surface area contributed by atoms with E-state index in [2.05, 4.69) is 15.3 Å². The van der Waals surface area contributed by atoms with E-state index in [1.165, 1.54) is 42.5 Å². The van der Waals surface area contributed by atoms with Crippen molar-refractivity contribution in [1.29, 1.82) is 5.41 Å². The maximum absolute atomic E-state index is 14.0. The number of guanidine groups is 1. The SMILES string of the molecule is N=C(N)c1ccc(CS(=O)(=O)Nc2ccc(C(F)(F)F)n(CC(=O)N[C@@H](CCCN=C(N)N)C(=O)c3nc4cc(C(N)=O)ccc4o3)c2=O)cc1. The van der Waals surface area contributed by atoms with Crippen molar-refractivity contribution in [2.45, 2.75) is 37.4 Å². The number of carbonyl (C=O) groups excluding carboxylic acids is 3. The van der Waals surface area contributed by atoms with E-state index in [0.717, 1.165) is 0 Å². The second-order valence-electron chi connectivity index (χ2n) is 11.0. The second-order valence-corrected chi connectivity index (χ2v) is 12.7. The minimum Gasteiger partial charge on any atom is -0.434 e. The van der Waals surface area contributed by atoms with Crippen molar-refractivity contribution in [3.05, 3.63) is 93.2 Å². The molecule has 2 heterocycles. The van der Waals surface area contributed by atoms with E-state index in [4.69, 9.17) is 32.8 Å². The molecule has 51 heavy (non-hydrogen) atoms. The number of nitrogen functional groups attached to an aromatic ring is 1. The Bertz CT molecular complexity index is 2190. The Morgan fingerprint density at radius 2 is 1.67 bits per heavy atom. The number of rotatable bonds is 15. The summed E-state index contributed by atoms with van der Waals surface area (Å²) in [5, 5.41) is 9.71. The van der Waals surface area contributed by atoms with Gasteiger partial charge in [0.1, 0.15) is 29.3 Å². The van der Waals surface area contributed by atoms with Crippen LogP contribution in [0.3, 0.4) is 0 Å². The number of oxazole rings is 1. The zero-order valence-electron chi connectivity index (χ0n) is 26.4. The van der Waals surface area contributed by atoms with Gasteiger partial charge in [0.2, 0.25) is 27.6 Å². The maximum Gasteiger partial charge on any atom is 0.431 e. The van der Waals surface area contributed by atoms with Gasteiger partial charge in [0.15, 0.2) is 11.5 Å². The summed E-state index contributed by atoms with van der Waals surface area (Å²) >= 11 is 0. The van der Waals surface area contributed by atoms with Crippen LogP contribution >= 0.6 is 0 Å². The van der Waals surface area contributed by atoms with Crippen LogP contribution < -0.4 is 38.5 Å². The van der Waals surface area contributed by atoms with Gasteiger partial charge in [-0.1, -0.05) is 24.3 Å². The molecule has 2 amide bonds. The van der Waals surface area contributed by atoms with E-state index >= 15 is 0 Å². The number of anilines is 1. The number of halogens is 3.